The normalized spacial score (nSPS) is 9.50. The van der Waals surface area contributed by atoms with Crippen molar-refractivity contribution in [3.63, 3.8) is 0 Å². The van der Waals surface area contributed by atoms with Crippen LogP contribution in [0.15, 0.2) is 16.7 Å². The van der Waals surface area contributed by atoms with Gasteiger partial charge in [0.25, 0.3) is 0 Å². The van der Waals surface area contributed by atoms with E-state index in [0.29, 0.717) is 4.47 Å². The number of halogens is 1. The van der Waals surface area contributed by atoms with E-state index >= 15 is 0 Å². The van der Waals surface area contributed by atoms with Crippen LogP contribution in [0.4, 0.5) is 11.5 Å². The molecule has 0 aliphatic heterocycles. The molecule has 64 valence electrons. The largest absolute Gasteiger partial charge is 0.388 e. The van der Waals surface area contributed by atoms with E-state index in [4.69, 9.17) is 5.84 Å². The molecule has 3 N–H and O–H groups in total. The minimum Gasteiger partial charge on any atom is -0.358 e. The minimum atomic E-state index is -0.609. The summed E-state index contributed by atoms with van der Waals surface area (Å²) in [5, 5.41) is 10.3. The Kier molecular flexibility index (Phi) is 2.56. The number of nitrogens with one attached hydrogen (secondary N) is 1. The molecular formula is C5H5BrN4O2. The zero-order valence-corrected chi connectivity index (χ0v) is 7.41. The molecular weight excluding hydrogens is 228 g/mol. The van der Waals surface area contributed by atoms with Crippen molar-refractivity contribution in [1.82, 2.24) is 4.98 Å². The van der Waals surface area contributed by atoms with Crippen LogP contribution in [0.25, 0.3) is 0 Å². The number of pyridine rings is 1. The maximum Gasteiger partial charge on any atom is 0.388 e. The number of nitrogen functional groups attached to an aromatic ring is 1. The monoisotopic (exact) mass is 232 g/mol. The van der Waals surface area contributed by atoms with Gasteiger partial charge in [-0.1, -0.05) is 0 Å². The first-order valence-corrected chi connectivity index (χ1v) is 3.71. The second-order valence-corrected chi connectivity index (χ2v) is 2.84. The highest BCUT2D eigenvalue weighted by molar-refractivity contribution is 9.10. The number of nitro groups is 1. The molecule has 1 heterocycles. The first-order chi connectivity index (χ1) is 5.65. The van der Waals surface area contributed by atoms with E-state index in [1.165, 1.54) is 12.3 Å². The van der Waals surface area contributed by atoms with Gasteiger partial charge in [0, 0.05) is 0 Å². The fourth-order valence-corrected chi connectivity index (χ4v) is 1.02. The van der Waals surface area contributed by atoms with Gasteiger partial charge in [-0.05, 0) is 31.9 Å². The summed E-state index contributed by atoms with van der Waals surface area (Å²) in [6.45, 7) is 0. The van der Waals surface area contributed by atoms with E-state index in [1.807, 2.05) is 0 Å². The summed E-state index contributed by atoms with van der Waals surface area (Å²) in [6, 6.07) is 1.48. The van der Waals surface area contributed by atoms with Gasteiger partial charge < -0.3 is 15.5 Å². The van der Waals surface area contributed by atoms with Gasteiger partial charge in [-0.2, -0.15) is 0 Å². The Bertz CT molecular complexity index is 316. The molecule has 12 heavy (non-hydrogen) atoms. The molecule has 1 aromatic heterocycles. The topological polar surface area (TPSA) is 94.1 Å². The van der Waals surface area contributed by atoms with Crippen LogP contribution in [0.1, 0.15) is 0 Å². The lowest BCUT2D eigenvalue weighted by Crippen LogP contribution is -2.09. The van der Waals surface area contributed by atoms with Gasteiger partial charge in [0.05, 0.1) is 4.47 Å². The van der Waals surface area contributed by atoms with Gasteiger partial charge in [0.15, 0.2) is 6.20 Å². The van der Waals surface area contributed by atoms with Gasteiger partial charge in [-0.3, -0.25) is 5.84 Å². The van der Waals surface area contributed by atoms with Crippen LogP contribution >= 0.6 is 15.9 Å². The fraction of sp³-hybridized carbons (Fsp3) is 0. The summed E-state index contributed by atoms with van der Waals surface area (Å²) in [5.41, 5.74) is 2.36. The van der Waals surface area contributed by atoms with E-state index in [0.717, 1.165) is 0 Å². The second kappa shape index (κ2) is 3.46. The molecule has 1 rings (SSSR count). The number of nitrogens with zero attached hydrogens (tertiary/aromatic N) is 2. The van der Waals surface area contributed by atoms with Gasteiger partial charge in [0.2, 0.25) is 0 Å². The molecule has 0 fully saturated rings. The molecule has 0 aromatic carbocycles. The standard InChI is InChI=1S/C5H5BrN4O2/c6-3-1-4(9-7)5(8-2-3)10(11)12/h1-2,9H,7H2. The Labute approximate surface area is 76.0 Å². The highest BCUT2D eigenvalue weighted by atomic mass is 79.9. The molecule has 0 amide bonds. The second-order valence-electron chi connectivity index (χ2n) is 1.93. The molecule has 0 atom stereocenters. The number of nitrogens with two attached hydrogens (primary N) is 1. The molecule has 6 nitrogen and oxygen atoms in total. The maximum absolute atomic E-state index is 10.3. The zero-order valence-electron chi connectivity index (χ0n) is 5.82. The van der Waals surface area contributed by atoms with Crippen LogP contribution in [0, 0.1) is 10.1 Å². The average Bonchev–Trinajstić information content (AvgIpc) is 2.03. The third-order valence-electron chi connectivity index (χ3n) is 1.16. The Hall–Kier alpha value is -1.21. The van der Waals surface area contributed by atoms with Crippen molar-refractivity contribution in [2.75, 3.05) is 5.43 Å². The van der Waals surface area contributed by atoms with E-state index in [2.05, 4.69) is 26.3 Å². The van der Waals surface area contributed by atoms with Crippen LogP contribution in [0.2, 0.25) is 0 Å². The molecule has 0 saturated carbocycles. The maximum atomic E-state index is 10.3. The van der Waals surface area contributed by atoms with Crippen LogP contribution in [0.5, 0.6) is 0 Å². The van der Waals surface area contributed by atoms with E-state index in [9.17, 15) is 10.1 Å². The summed E-state index contributed by atoms with van der Waals surface area (Å²) in [7, 11) is 0. The highest BCUT2D eigenvalue weighted by Crippen LogP contribution is 2.23. The average molecular weight is 233 g/mol. The summed E-state index contributed by atoms with van der Waals surface area (Å²) in [6.07, 6.45) is 1.33. The highest BCUT2D eigenvalue weighted by Gasteiger charge is 2.14. The van der Waals surface area contributed by atoms with Gasteiger partial charge in [-0.15, -0.1) is 0 Å². The van der Waals surface area contributed by atoms with Crippen molar-refractivity contribution in [3.8, 4) is 0 Å². The van der Waals surface area contributed by atoms with Crippen molar-refractivity contribution >= 4 is 27.4 Å². The molecule has 0 aliphatic carbocycles. The number of hydrogen-bond acceptors (Lipinski definition) is 5. The number of rotatable bonds is 2. The first kappa shape index (κ1) is 8.88. The summed E-state index contributed by atoms with van der Waals surface area (Å²) < 4.78 is 0.626. The van der Waals surface area contributed by atoms with Crippen LogP contribution in [-0.2, 0) is 0 Å². The van der Waals surface area contributed by atoms with Crippen LogP contribution in [-0.4, -0.2) is 9.91 Å². The van der Waals surface area contributed by atoms with Crippen molar-refractivity contribution < 1.29 is 4.92 Å². The molecule has 0 saturated heterocycles. The summed E-state index contributed by atoms with van der Waals surface area (Å²) >= 11 is 3.11. The first-order valence-electron chi connectivity index (χ1n) is 2.91. The number of hydrogen-bond donors (Lipinski definition) is 2. The third-order valence-corrected chi connectivity index (χ3v) is 1.60. The third kappa shape index (κ3) is 1.69. The van der Waals surface area contributed by atoms with Gasteiger partial charge in [-0.25, -0.2) is 0 Å². The van der Waals surface area contributed by atoms with Crippen LogP contribution < -0.4 is 11.3 Å². The zero-order chi connectivity index (χ0) is 9.14. The van der Waals surface area contributed by atoms with E-state index < -0.39 is 4.92 Å². The lowest BCUT2D eigenvalue weighted by molar-refractivity contribution is -0.388. The molecule has 1 aromatic rings. The lowest BCUT2D eigenvalue weighted by Gasteiger charge is -1.99. The molecule has 0 spiro atoms. The minimum absolute atomic E-state index is 0.175. The van der Waals surface area contributed by atoms with E-state index in [1.54, 1.807) is 0 Å². The Morgan fingerprint density at radius 3 is 2.92 bits per heavy atom. The predicted molar refractivity (Wildman–Crippen MR) is 46.4 cm³/mol. The van der Waals surface area contributed by atoms with Gasteiger partial charge in [0.1, 0.15) is 5.69 Å². The van der Waals surface area contributed by atoms with Crippen LogP contribution in [0.3, 0.4) is 0 Å². The Morgan fingerprint density at radius 1 is 1.75 bits per heavy atom. The fourth-order valence-electron chi connectivity index (χ4n) is 0.684. The van der Waals surface area contributed by atoms with Crippen molar-refractivity contribution in [2.45, 2.75) is 0 Å². The quantitative estimate of drug-likeness (QED) is 0.452. The smallest absolute Gasteiger partial charge is 0.358 e. The summed E-state index contributed by atoms with van der Waals surface area (Å²) in [5.74, 6) is 4.75. The summed E-state index contributed by atoms with van der Waals surface area (Å²) in [4.78, 5) is 13.3. The molecule has 7 heteroatoms. The van der Waals surface area contributed by atoms with Crippen molar-refractivity contribution in [2.24, 2.45) is 5.84 Å². The van der Waals surface area contributed by atoms with Gasteiger partial charge >= 0.3 is 5.82 Å². The molecule has 0 bridgehead atoms. The predicted octanol–water partition coefficient (Wildman–Crippen LogP) is 1.04. The Morgan fingerprint density at radius 2 is 2.42 bits per heavy atom. The van der Waals surface area contributed by atoms with Crippen molar-refractivity contribution in [3.05, 3.63) is 26.9 Å². The number of aromatic nitrogens is 1. The SMILES string of the molecule is NNc1cc(Br)cnc1[N+](=O)[O-]. The lowest BCUT2D eigenvalue weighted by atomic mass is 10.4. The Balaban J connectivity index is 3.20. The molecule has 0 unspecified atom stereocenters. The molecule has 0 aliphatic rings. The number of hydrazine groups is 1. The number of anilines is 1. The van der Waals surface area contributed by atoms with E-state index in [-0.39, 0.29) is 11.5 Å². The molecule has 0 radical (unpaired) electrons. The van der Waals surface area contributed by atoms with Crippen molar-refractivity contribution in [1.29, 1.82) is 0 Å².